The van der Waals surface area contributed by atoms with Crippen molar-refractivity contribution in [2.45, 2.75) is 16.6 Å². The molecule has 5 nitrogen and oxygen atoms in total. The number of rotatable bonds is 6. The van der Waals surface area contributed by atoms with Gasteiger partial charge in [0.05, 0.1) is 10.9 Å². The van der Waals surface area contributed by atoms with Crippen LogP contribution in [0.2, 0.25) is 5.02 Å². The maximum Gasteiger partial charge on any atom is 0.247 e. The summed E-state index contributed by atoms with van der Waals surface area (Å²) in [5.74, 6) is -0.720. The highest BCUT2D eigenvalue weighted by molar-refractivity contribution is 8.00. The summed E-state index contributed by atoms with van der Waals surface area (Å²) in [7, 11) is 0. The number of halogens is 1. The summed E-state index contributed by atoms with van der Waals surface area (Å²) in [5.41, 5.74) is 8.18. The number of thioether (sulfide) groups is 1. The van der Waals surface area contributed by atoms with Gasteiger partial charge in [-0.2, -0.15) is 0 Å². The first-order valence-electron chi connectivity index (χ1n) is 9.88. The van der Waals surface area contributed by atoms with E-state index >= 15 is 0 Å². The predicted molar refractivity (Wildman–Crippen MR) is 129 cm³/mol. The van der Waals surface area contributed by atoms with Crippen LogP contribution in [0.15, 0.2) is 83.8 Å². The van der Waals surface area contributed by atoms with E-state index in [4.69, 9.17) is 17.3 Å². The molecule has 1 heterocycles. The van der Waals surface area contributed by atoms with Gasteiger partial charge in [0.2, 0.25) is 11.8 Å². The minimum atomic E-state index is -0.507. The molecule has 0 bridgehead atoms. The molecule has 7 heteroatoms. The fourth-order valence-corrected chi connectivity index (χ4v) is 4.58. The van der Waals surface area contributed by atoms with Gasteiger partial charge < -0.3 is 5.73 Å². The Bertz CT molecular complexity index is 1210. The first-order valence-corrected chi connectivity index (χ1v) is 11.1. The van der Waals surface area contributed by atoms with Gasteiger partial charge in [0.25, 0.3) is 0 Å². The van der Waals surface area contributed by atoms with Crippen molar-refractivity contribution in [1.29, 1.82) is 0 Å². The van der Waals surface area contributed by atoms with Gasteiger partial charge in [0.15, 0.2) is 5.78 Å². The SMILES string of the molecule is Nc1cccc(SC2CC(=O)N(c3ccc(C(=O)/C=C/c4ccc(Cl)cc4)cc3)C2=O)c1. The van der Waals surface area contributed by atoms with E-state index in [1.54, 1.807) is 54.6 Å². The summed E-state index contributed by atoms with van der Waals surface area (Å²) >= 11 is 7.19. The van der Waals surface area contributed by atoms with Crippen LogP contribution in [0, 0.1) is 0 Å². The number of hydrogen-bond acceptors (Lipinski definition) is 5. The van der Waals surface area contributed by atoms with Crippen LogP contribution in [0.1, 0.15) is 22.3 Å². The van der Waals surface area contributed by atoms with Crippen molar-refractivity contribution < 1.29 is 14.4 Å². The molecule has 160 valence electrons. The molecule has 1 saturated heterocycles. The number of nitrogens with zero attached hydrogens (tertiary/aromatic N) is 1. The Labute approximate surface area is 194 Å². The second-order valence-electron chi connectivity index (χ2n) is 7.25. The molecule has 3 aromatic carbocycles. The molecule has 0 spiro atoms. The average molecular weight is 463 g/mol. The Morgan fingerprint density at radius 3 is 2.44 bits per heavy atom. The van der Waals surface area contributed by atoms with Crippen molar-refractivity contribution >= 4 is 58.4 Å². The lowest BCUT2D eigenvalue weighted by Crippen LogP contribution is -2.31. The molecular formula is C25H19ClN2O3S. The Hall–Kier alpha value is -3.35. The Morgan fingerprint density at radius 1 is 1.03 bits per heavy atom. The van der Waals surface area contributed by atoms with Gasteiger partial charge in [-0.05, 0) is 66.2 Å². The number of ketones is 1. The Kier molecular flexibility index (Phi) is 6.44. The summed E-state index contributed by atoms with van der Waals surface area (Å²) in [5, 5.41) is 0.122. The number of anilines is 2. The number of nitrogen functional groups attached to an aromatic ring is 1. The second-order valence-corrected chi connectivity index (χ2v) is 8.96. The normalized spacial score (nSPS) is 16.2. The van der Waals surface area contributed by atoms with Crippen molar-refractivity contribution in [2.24, 2.45) is 0 Å². The van der Waals surface area contributed by atoms with E-state index in [1.165, 1.54) is 22.7 Å². The number of benzene rings is 3. The second kappa shape index (κ2) is 9.42. The summed E-state index contributed by atoms with van der Waals surface area (Å²) < 4.78 is 0. The van der Waals surface area contributed by atoms with Gasteiger partial charge in [-0.1, -0.05) is 35.9 Å². The number of imide groups is 1. The fraction of sp³-hybridized carbons (Fsp3) is 0.0800. The molecule has 0 aromatic heterocycles. The van der Waals surface area contributed by atoms with Crippen LogP contribution in [0.4, 0.5) is 11.4 Å². The lowest BCUT2D eigenvalue weighted by atomic mass is 10.1. The van der Waals surface area contributed by atoms with Crippen molar-refractivity contribution in [3.63, 3.8) is 0 Å². The molecular weight excluding hydrogens is 444 g/mol. The average Bonchev–Trinajstić information content (AvgIpc) is 3.06. The highest BCUT2D eigenvalue weighted by Crippen LogP contribution is 2.34. The first kappa shape index (κ1) is 21.9. The van der Waals surface area contributed by atoms with Crippen LogP contribution in [-0.4, -0.2) is 22.8 Å². The van der Waals surface area contributed by atoms with Crippen molar-refractivity contribution in [1.82, 2.24) is 0 Å². The van der Waals surface area contributed by atoms with Crippen LogP contribution in [-0.2, 0) is 9.59 Å². The van der Waals surface area contributed by atoms with E-state index < -0.39 is 5.25 Å². The number of nitrogens with two attached hydrogens (primary N) is 1. The van der Waals surface area contributed by atoms with Crippen LogP contribution in [0.3, 0.4) is 0 Å². The van der Waals surface area contributed by atoms with Crippen LogP contribution >= 0.6 is 23.4 Å². The molecule has 1 aliphatic rings. The Balaban J connectivity index is 1.45. The standard InChI is InChI=1S/C25H19ClN2O3S/c26-18-9-4-16(5-10-18)6-13-22(29)17-7-11-20(12-8-17)28-24(30)15-23(25(28)31)32-21-3-1-2-19(27)14-21/h1-14,23H,15,27H2/b13-6+. The maximum atomic E-state index is 12.9. The number of carbonyl (C=O) groups is 3. The number of hydrogen-bond donors (Lipinski definition) is 1. The van der Waals surface area contributed by atoms with Crippen LogP contribution < -0.4 is 10.6 Å². The van der Waals surface area contributed by atoms with Crippen molar-refractivity contribution in [3.05, 3.63) is 95.0 Å². The summed E-state index contributed by atoms with van der Waals surface area (Å²) in [6.07, 6.45) is 3.30. The molecule has 0 aliphatic carbocycles. The highest BCUT2D eigenvalue weighted by Gasteiger charge is 2.40. The van der Waals surface area contributed by atoms with E-state index in [0.717, 1.165) is 10.5 Å². The van der Waals surface area contributed by atoms with E-state index in [-0.39, 0.29) is 24.0 Å². The zero-order valence-electron chi connectivity index (χ0n) is 16.9. The van der Waals surface area contributed by atoms with E-state index in [9.17, 15) is 14.4 Å². The maximum absolute atomic E-state index is 12.9. The van der Waals surface area contributed by atoms with E-state index in [1.807, 2.05) is 24.3 Å². The summed E-state index contributed by atoms with van der Waals surface area (Å²) in [6, 6.07) is 20.8. The highest BCUT2D eigenvalue weighted by atomic mass is 35.5. The molecule has 4 rings (SSSR count). The first-order chi connectivity index (χ1) is 15.4. The lowest BCUT2D eigenvalue weighted by Gasteiger charge is -2.15. The topological polar surface area (TPSA) is 80.5 Å². The molecule has 1 unspecified atom stereocenters. The smallest absolute Gasteiger partial charge is 0.247 e. The van der Waals surface area contributed by atoms with Gasteiger partial charge in [-0.25, -0.2) is 4.90 Å². The third-order valence-corrected chi connectivity index (χ3v) is 6.38. The molecule has 1 atom stereocenters. The zero-order valence-corrected chi connectivity index (χ0v) is 18.5. The third-order valence-electron chi connectivity index (χ3n) is 4.95. The largest absolute Gasteiger partial charge is 0.399 e. The minimum absolute atomic E-state index is 0.114. The minimum Gasteiger partial charge on any atom is -0.399 e. The number of carbonyl (C=O) groups excluding carboxylic acids is 3. The Morgan fingerprint density at radius 2 is 1.75 bits per heavy atom. The van der Waals surface area contributed by atoms with E-state index in [0.29, 0.717) is 22.0 Å². The van der Waals surface area contributed by atoms with Gasteiger partial charge in [0.1, 0.15) is 0 Å². The van der Waals surface area contributed by atoms with Crippen LogP contribution in [0.25, 0.3) is 6.08 Å². The van der Waals surface area contributed by atoms with Gasteiger partial charge in [0, 0.05) is 27.6 Å². The predicted octanol–water partition coefficient (Wildman–Crippen LogP) is 5.24. The molecule has 3 aromatic rings. The number of amides is 2. The molecule has 1 fully saturated rings. The summed E-state index contributed by atoms with van der Waals surface area (Å²) in [4.78, 5) is 39.9. The quantitative estimate of drug-likeness (QED) is 0.234. The van der Waals surface area contributed by atoms with Crippen molar-refractivity contribution in [3.8, 4) is 0 Å². The fourth-order valence-electron chi connectivity index (χ4n) is 3.34. The van der Waals surface area contributed by atoms with Crippen LogP contribution in [0.5, 0.6) is 0 Å². The van der Waals surface area contributed by atoms with Gasteiger partial charge in [-0.3, -0.25) is 14.4 Å². The third kappa shape index (κ3) is 4.93. The number of allylic oxidation sites excluding steroid dienone is 1. The zero-order chi connectivity index (χ0) is 22.7. The van der Waals surface area contributed by atoms with E-state index in [2.05, 4.69) is 0 Å². The summed E-state index contributed by atoms with van der Waals surface area (Å²) in [6.45, 7) is 0. The molecule has 2 amide bonds. The monoisotopic (exact) mass is 462 g/mol. The molecule has 32 heavy (non-hydrogen) atoms. The lowest BCUT2D eigenvalue weighted by molar-refractivity contribution is -0.121. The molecule has 0 radical (unpaired) electrons. The molecule has 0 saturated carbocycles. The van der Waals surface area contributed by atoms with Gasteiger partial charge in [-0.15, -0.1) is 11.8 Å². The molecule has 2 N–H and O–H groups in total. The molecule has 1 aliphatic heterocycles. The van der Waals surface area contributed by atoms with Gasteiger partial charge >= 0.3 is 0 Å². The van der Waals surface area contributed by atoms with Crippen molar-refractivity contribution in [2.75, 3.05) is 10.6 Å².